The monoisotopic (exact) mass is 297 g/mol. The van der Waals surface area contributed by atoms with E-state index in [2.05, 4.69) is 22.2 Å². The van der Waals surface area contributed by atoms with Gasteiger partial charge in [0.1, 0.15) is 5.82 Å². The van der Waals surface area contributed by atoms with Gasteiger partial charge < -0.3 is 5.32 Å². The number of halogens is 1. The zero-order chi connectivity index (χ0) is 14.5. The van der Waals surface area contributed by atoms with Gasteiger partial charge in [-0.1, -0.05) is 64.7 Å². The fourth-order valence-electron chi connectivity index (χ4n) is 2.26. The minimum Gasteiger partial charge on any atom is -0.370 e. The Morgan fingerprint density at radius 3 is 2.15 bits per heavy atom. The van der Waals surface area contributed by atoms with E-state index in [1.165, 1.54) is 64.2 Å². The molecule has 0 atom stereocenters. The van der Waals surface area contributed by atoms with Crippen molar-refractivity contribution < 1.29 is 0 Å². The highest BCUT2D eigenvalue weighted by molar-refractivity contribution is 6.28. The molecule has 114 valence electrons. The maximum Gasteiger partial charge on any atom is 0.224 e. The number of anilines is 1. The van der Waals surface area contributed by atoms with Gasteiger partial charge in [0.2, 0.25) is 5.28 Å². The third kappa shape index (κ3) is 9.13. The standard InChI is InChI=1S/C16H28ClN3/c1-2-3-4-5-6-7-8-9-10-11-13-18-15-12-14-19-16(17)20-15/h12,14H,2-11,13H2,1H3,(H,18,19,20). The van der Waals surface area contributed by atoms with Crippen molar-refractivity contribution in [1.29, 1.82) is 0 Å². The normalized spacial score (nSPS) is 10.7. The average Bonchev–Trinajstić information content (AvgIpc) is 2.45. The van der Waals surface area contributed by atoms with Crippen LogP contribution in [0.1, 0.15) is 71.1 Å². The lowest BCUT2D eigenvalue weighted by molar-refractivity contribution is 0.560. The van der Waals surface area contributed by atoms with E-state index in [-0.39, 0.29) is 0 Å². The summed E-state index contributed by atoms with van der Waals surface area (Å²) in [6, 6.07) is 1.85. The number of unbranched alkanes of at least 4 members (excludes halogenated alkanes) is 9. The van der Waals surface area contributed by atoms with Crippen LogP contribution in [0.5, 0.6) is 0 Å². The van der Waals surface area contributed by atoms with Crippen LogP contribution in [0.15, 0.2) is 12.3 Å². The first-order valence-corrected chi connectivity index (χ1v) is 8.43. The van der Waals surface area contributed by atoms with Crippen LogP contribution in [0.3, 0.4) is 0 Å². The molecule has 20 heavy (non-hydrogen) atoms. The molecule has 0 fully saturated rings. The van der Waals surface area contributed by atoms with Crippen LogP contribution < -0.4 is 5.32 Å². The van der Waals surface area contributed by atoms with E-state index >= 15 is 0 Å². The number of aromatic nitrogens is 2. The van der Waals surface area contributed by atoms with Gasteiger partial charge in [0.25, 0.3) is 0 Å². The van der Waals surface area contributed by atoms with Crippen LogP contribution >= 0.6 is 11.6 Å². The average molecular weight is 298 g/mol. The van der Waals surface area contributed by atoms with Gasteiger partial charge >= 0.3 is 0 Å². The third-order valence-electron chi connectivity index (χ3n) is 3.46. The molecular formula is C16H28ClN3. The minimum atomic E-state index is 0.304. The predicted molar refractivity (Wildman–Crippen MR) is 87.4 cm³/mol. The minimum absolute atomic E-state index is 0.304. The largest absolute Gasteiger partial charge is 0.370 e. The number of rotatable bonds is 12. The summed E-state index contributed by atoms with van der Waals surface area (Å²) in [6.45, 7) is 3.23. The Labute approximate surface area is 128 Å². The van der Waals surface area contributed by atoms with Gasteiger partial charge in [-0.3, -0.25) is 0 Å². The van der Waals surface area contributed by atoms with Gasteiger partial charge in [-0.2, -0.15) is 0 Å². The summed E-state index contributed by atoms with van der Waals surface area (Å²) in [6.07, 6.45) is 15.3. The Kier molecular flexibility index (Phi) is 10.3. The molecule has 1 rings (SSSR count). The second-order valence-electron chi connectivity index (χ2n) is 5.32. The topological polar surface area (TPSA) is 37.8 Å². The molecule has 0 aliphatic heterocycles. The molecule has 0 saturated carbocycles. The predicted octanol–water partition coefficient (Wildman–Crippen LogP) is 5.46. The Morgan fingerprint density at radius 1 is 0.950 bits per heavy atom. The van der Waals surface area contributed by atoms with E-state index in [1.54, 1.807) is 6.20 Å². The first-order valence-electron chi connectivity index (χ1n) is 8.05. The van der Waals surface area contributed by atoms with Crippen molar-refractivity contribution in [2.24, 2.45) is 0 Å². The van der Waals surface area contributed by atoms with Crippen LogP contribution in [-0.4, -0.2) is 16.5 Å². The SMILES string of the molecule is CCCCCCCCCCCCNc1ccnc(Cl)n1. The summed E-state index contributed by atoms with van der Waals surface area (Å²) in [5.74, 6) is 0.820. The summed E-state index contributed by atoms with van der Waals surface area (Å²) < 4.78 is 0. The van der Waals surface area contributed by atoms with Crippen LogP contribution in [0, 0.1) is 0 Å². The van der Waals surface area contributed by atoms with Crippen molar-refractivity contribution in [3.63, 3.8) is 0 Å². The van der Waals surface area contributed by atoms with Crippen molar-refractivity contribution in [2.75, 3.05) is 11.9 Å². The molecule has 0 aliphatic rings. The highest BCUT2D eigenvalue weighted by Gasteiger charge is 1.96. The second-order valence-corrected chi connectivity index (χ2v) is 5.66. The van der Waals surface area contributed by atoms with Gasteiger partial charge in [0.15, 0.2) is 0 Å². The molecule has 0 spiro atoms. The van der Waals surface area contributed by atoms with E-state index in [1.807, 2.05) is 6.07 Å². The first kappa shape index (κ1) is 17.2. The highest BCUT2D eigenvalue weighted by Crippen LogP contribution is 2.11. The van der Waals surface area contributed by atoms with E-state index in [0.29, 0.717) is 5.28 Å². The van der Waals surface area contributed by atoms with Crippen LogP contribution in [0.25, 0.3) is 0 Å². The smallest absolute Gasteiger partial charge is 0.224 e. The van der Waals surface area contributed by atoms with E-state index in [4.69, 9.17) is 11.6 Å². The van der Waals surface area contributed by atoms with E-state index < -0.39 is 0 Å². The number of hydrogen-bond acceptors (Lipinski definition) is 3. The summed E-state index contributed by atoms with van der Waals surface area (Å²) in [5.41, 5.74) is 0. The second kappa shape index (κ2) is 12.0. The van der Waals surface area contributed by atoms with Gasteiger partial charge in [-0.05, 0) is 24.1 Å². The molecule has 1 aromatic rings. The molecule has 1 N–H and O–H groups in total. The number of hydrogen-bond donors (Lipinski definition) is 1. The van der Waals surface area contributed by atoms with Crippen molar-refractivity contribution in [3.8, 4) is 0 Å². The van der Waals surface area contributed by atoms with Crippen LogP contribution in [-0.2, 0) is 0 Å². The molecular weight excluding hydrogens is 270 g/mol. The molecule has 0 saturated heterocycles. The zero-order valence-electron chi connectivity index (χ0n) is 12.7. The van der Waals surface area contributed by atoms with E-state index in [0.717, 1.165) is 12.4 Å². The number of nitrogens with zero attached hydrogens (tertiary/aromatic N) is 2. The van der Waals surface area contributed by atoms with Crippen LogP contribution in [0.2, 0.25) is 5.28 Å². The molecule has 1 heterocycles. The van der Waals surface area contributed by atoms with E-state index in [9.17, 15) is 0 Å². The Bertz CT molecular complexity index is 344. The summed E-state index contributed by atoms with van der Waals surface area (Å²) in [4.78, 5) is 7.96. The first-order chi connectivity index (χ1) is 9.83. The quantitative estimate of drug-likeness (QED) is 0.411. The van der Waals surface area contributed by atoms with Crippen LogP contribution in [0.4, 0.5) is 5.82 Å². The fraction of sp³-hybridized carbons (Fsp3) is 0.750. The summed E-state index contributed by atoms with van der Waals surface area (Å²) in [7, 11) is 0. The molecule has 0 bridgehead atoms. The summed E-state index contributed by atoms with van der Waals surface area (Å²) in [5, 5.41) is 3.58. The maximum atomic E-state index is 5.73. The highest BCUT2D eigenvalue weighted by atomic mass is 35.5. The number of nitrogens with one attached hydrogen (secondary N) is 1. The summed E-state index contributed by atoms with van der Waals surface area (Å²) >= 11 is 5.73. The lowest BCUT2D eigenvalue weighted by Crippen LogP contribution is -2.03. The molecule has 0 aliphatic carbocycles. The Hall–Kier alpha value is -0.830. The van der Waals surface area contributed by atoms with Crippen molar-refractivity contribution in [1.82, 2.24) is 9.97 Å². The lowest BCUT2D eigenvalue weighted by Gasteiger charge is -2.05. The van der Waals surface area contributed by atoms with Gasteiger partial charge in [0, 0.05) is 12.7 Å². The fourth-order valence-corrected chi connectivity index (χ4v) is 2.41. The van der Waals surface area contributed by atoms with Crippen molar-refractivity contribution in [3.05, 3.63) is 17.5 Å². The van der Waals surface area contributed by atoms with Crippen molar-refractivity contribution in [2.45, 2.75) is 71.1 Å². The molecule has 0 radical (unpaired) electrons. The molecule has 3 nitrogen and oxygen atoms in total. The molecule has 1 aromatic heterocycles. The van der Waals surface area contributed by atoms with Gasteiger partial charge in [0.05, 0.1) is 0 Å². The molecule has 0 aromatic carbocycles. The lowest BCUT2D eigenvalue weighted by atomic mass is 10.1. The Balaban J connectivity index is 1.85. The van der Waals surface area contributed by atoms with Crippen molar-refractivity contribution >= 4 is 17.4 Å². The van der Waals surface area contributed by atoms with Gasteiger partial charge in [-0.25, -0.2) is 9.97 Å². The molecule has 4 heteroatoms. The third-order valence-corrected chi connectivity index (χ3v) is 3.64. The zero-order valence-corrected chi connectivity index (χ0v) is 13.5. The molecule has 0 unspecified atom stereocenters. The molecule has 0 amide bonds. The maximum absolute atomic E-state index is 5.73. The van der Waals surface area contributed by atoms with Gasteiger partial charge in [-0.15, -0.1) is 0 Å². The Morgan fingerprint density at radius 2 is 1.55 bits per heavy atom.